The lowest BCUT2D eigenvalue weighted by Crippen LogP contribution is -2.77. The fourth-order valence-electron chi connectivity index (χ4n) is 1.33. The van der Waals surface area contributed by atoms with Gasteiger partial charge in [-0.25, -0.2) is 0 Å². The highest BCUT2D eigenvalue weighted by Gasteiger charge is 2.39. The highest BCUT2D eigenvalue weighted by molar-refractivity contribution is 6.81. The van der Waals surface area contributed by atoms with Crippen molar-refractivity contribution in [3.05, 3.63) is 0 Å². The van der Waals surface area contributed by atoms with Gasteiger partial charge in [0.25, 0.3) is 0 Å². The van der Waals surface area contributed by atoms with Crippen LogP contribution >= 0.6 is 34.8 Å². The van der Waals surface area contributed by atoms with E-state index in [1.807, 2.05) is 0 Å². The molecule has 0 aliphatic carbocycles. The summed E-state index contributed by atoms with van der Waals surface area (Å²) in [7, 11) is -1.23. The van der Waals surface area contributed by atoms with Gasteiger partial charge in [-0.05, 0) is 0 Å². The molecule has 0 atom stereocenters. The van der Waals surface area contributed by atoms with Crippen LogP contribution < -0.4 is 15.4 Å². The van der Waals surface area contributed by atoms with Crippen molar-refractivity contribution in [1.29, 1.82) is 0 Å². The van der Waals surface area contributed by atoms with Crippen LogP contribution in [-0.4, -0.2) is 59.0 Å². The lowest BCUT2D eigenvalue weighted by molar-refractivity contribution is 0.293. The zero-order chi connectivity index (χ0) is 13.2. The zero-order valence-corrected chi connectivity index (χ0v) is 12.1. The Bertz CT molecular complexity index is 186. The van der Waals surface area contributed by atoms with Gasteiger partial charge in [-0.3, -0.25) is 0 Å². The van der Waals surface area contributed by atoms with Crippen molar-refractivity contribution in [3.8, 4) is 0 Å². The zero-order valence-electron chi connectivity index (χ0n) is 9.83. The first-order valence-electron chi connectivity index (χ1n) is 5.61. The number of hydrogen-bond donors (Lipinski definition) is 3. The first kappa shape index (κ1) is 16.9. The molecule has 6 nitrogen and oxygen atoms in total. The minimum absolute atomic E-state index is 0.410. The van der Waals surface area contributed by atoms with E-state index in [0.29, 0.717) is 37.5 Å². The maximum atomic E-state index is 5.57. The Morgan fingerprint density at radius 3 is 1.11 bits per heavy atom. The SMILES string of the molecule is ClCCOB1NB(OCCCl)NB(OCCCl)N1. The summed E-state index contributed by atoms with van der Waals surface area (Å²) in [4.78, 5) is 0. The smallest absolute Gasteiger partial charge is 0.408 e. The van der Waals surface area contributed by atoms with Gasteiger partial charge >= 0.3 is 21.6 Å². The van der Waals surface area contributed by atoms with E-state index in [4.69, 9.17) is 48.8 Å². The lowest BCUT2D eigenvalue weighted by atomic mass is 9.71. The summed E-state index contributed by atoms with van der Waals surface area (Å²) in [6.45, 7) is 1.24. The third-order valence-corrected chi connectivity index (χ3v) is 2.46. The topological polar surface area (TPSA) is 63.8 Å². The van der Waals surface area contributed by atoms with Crippen LogP contribution in [0.3, 0.4) is 0 Å². The molecule has 0 aromatic heterocycles. The van der Waals surface area contributed by atoms with E-state index in [1.165, 1.54) is 0 Å². The van der Waals surface area contributed by atoms with E-state index in [-0.39, 0.29) is 0 Å². The Labute approximate surface area is 123 Å². The van der Waals surface area contributed by atoms with E-state index >= 15 is 0 Å². The van der Waals surface area contributed by atoms with Crippen molar-refractivity contribution < 1.29 is 14.0 Å². The normalized spacial score (nSPS) is 16.5. The second-order valence-electron chi connectivity index (χ2n) is 3.32. The van der Waals surface area contributed by atoms with Gasteiger partial charge in [0, 0.05) is 37.5 Å². The summed E-state index contributed by atoms with van der Waals surface area (Å²) >= 11 is 16.7. The van der Waals surface area contributed by atoms with Gasteiger partial charge in [0.05, 0.1) is 0 Å². The molecule has 0 amide bonds. The number of hydrogen-bond acceptors (Lipinski definition) is 6. The number of rotatable bonds is 9. The summed E-state index contributed by atoms with van der Waals surface area (Å²) in [6.07, 6.45) is 0. The van der Waals surface area contributed by atoms with Gasteiger partial charge in [0.1, 0.15) is 0 Å². The number of nitrogens with one attached hydrogen (secondary N) is 3. The van der Waals surface area contributed by atoms with Crippen LogP contribution in [0.1, 0.15) is 0 Å². The first-order chi connectivity index (χ1) is 8.80. The Morgan fingerprint density at radius 1 is 0.611 bits per heavy atom. The maximum absolute atomic E-state index is 5.57. The highest BCUT2D eigenvalue weighted by Crippen LogP contribution is 1.94. The Kier molecular flexibility index (Phi) is 9.93. The third-order valence-electron chi connectivity index (χ3n) is 1.99. The van der Waals surface area contributed by atoms with Crippen LogP contribution in [-0.2, 0) is 14.0 Å². The van der Waals surface area contributed by atoms with Crippen LogP contribution in [0.25, 0.3) is 0 Å². The summed E-state index contributed by atoms with van der Waals surface area (Å²) in [6, 6.07) is 0. The van der Waals surface area contributed by atoms with Crippen LogP contribution in [0.2, 0.25) is 0 Å². The van der Waals surface area contributed by atoms with Crippen LogP contribution in [0.5, 0.6) is 0 Å². The molecule has 1 rings (SSSR count). The van der Waals surface area contributed by atoms with E-state index in [0.717, 1.165) is 0 Å². The molecular weight excluding hydrogens is 301 g/mol. The molecule has 0 spiro atoms. The monoisotopic (exact) mass is 315 g/mol. The molecule has 12 heteroatoms. The fraction of sp³-hybridized carbons (Fsp3) is 1.00. The van der Waals surface area contributed by atoms with Gasteiger partial charge in [0.15, 0.2) is 0 Å². The summed E-state index contributed by atoms with van der Waals surface area (Å²) < 4.78 is 16.3. The van der Waals surface area contributed by atoms with E-state index in [1.54, 1.807) is 0 Å². The molecular formula is C6H15B3Cl3N3O3. The Morgan fingerprint density at radius 2 is 0.889 bits per heavy atom. The van der Waals surface area contributed by atoms with Crippen molar-refractivity contribution in [1.82, 2.24) is 15.4 Å². The standard InChI is InChI=1S/C6H15B3Cl3N3O3/c10-1-4-16-7-13-8(17-5-2-11)15-9(14-7)18-6-3-12/h13-15H,1-6H2. The molecule has 0 unspecified atom stereocenters. The molecule has 18 heavy (non-hydrogen) atoms. The van der Waals surface area contributed by atoms with E-state index in [9.17, 15) is 0 Å². The van der Waals surface area contributed by atoms with Crippen molar-refractivity contribution in [2.24, 2.45) is 0 Å². The van der Waals surface area contributed by atoms with Gasteiger partial charge < -0.3 is 29.4 Å². The fourth-order valence-corrected chi connectivity index (χ4v) is 1.60. The molecule has 1 aliphatic heterocycles. The van der Waals surface area contributed by atoms with E-state index < -0.39 is 21.6 Å². The lowest BCUT2D eigenvalue weighted by Gasteiger charge is -2.30. The Hall–Kier alpha value is 0.825. The number of alkyl halides is 3. The summed E-state index contributed by atoms with van der Waals surface area (Å²) in [5, 5.41) is 9.10. The third kappa shape index (κ3) is 6.84. The highest BCUT2D eigenvalue weighted by atomic mass is 35.5. The van der Waals surface area contributed by atoms with Gasteiger partial charge in [-0.2, -0.15) is 0 Å². The molecule has 1 heterocycles. The van der Waals surface area contributed by atoms with Crippen molar-refractivity contribution in [2.75, 3.05) is 37.5 Å². The molecule has 1 saturated heterocycles. The first-order valence-corrected chi connectivity index (χ1v) is 7.21. The molecule has 0 saturated carbocycles. The maximum Gasteiger partial charge on any atom is 0.456 e. The minimum atomic E-state index is -0.411. The van der Waals surface area contributed by atoms with Crippen molar-refractivity contribution in [3.63, 3.8) is 0 Å². The van der Waals surface area contributed by atoms with Crippen LogP contribution in [0.4, 0.5) is 0 Å². The quantitative estimate of drug-likeness (QED) is 0.393. The molecule has 1 fully saturated rings. The average Bonchev–Trinajstić information content (AvgIpc) is 2.40. The van der Waals surface area contributed by atoms with Gasteiger partial charge in [-0.1, -0.05) is 0 Å². The van der Waals surface area contributed by atoms with Crippen LogP contribution in [0, 0.1) is 0 Å². The van der Waals surface area contributed by atoms with Gasteiger partial charge in [-0.15, -0.1) is 34.8 Å². The largest absolute Gasteiger partial charge is 0.456 e. The summed E-state index contributed by atoms with van der Waals surface area (Å²) in [5.74, 6) is 1.23. The predicted octanol–water partition coefficient (Wildman–Crippen LogP) is -0.510. The molecule has 102 valence electrons. The second kappa shape index (κ2) is 10.6. The van der Waals surface area contributed by atoms with Crippen molar-refractivity contribution >= 4 is 56.4 Å². The van der Waals surface area contributed by atoms with Crippen LogP contribution in [0.15, 0.2) is 0 Å². The van der Waals surface area contributed by atoms with Crippen molar-refractivity contribution in [2.45, 2.75) is 0 Å². The number of halogens is 3. The van der Waals surface area contributed by atoms with Gasteiger partial charge in [0.2, 0.25) is 0 Å². The predicted molar refractivity (Wildman–Crippen MR) is 76.7 cm³/mol. The molecule has 0 aromatic carbocycles. The Balaban J connectivity index is 2.38. The second-order valence-corrected chi connectivity index (χ2v) is 4.45. The molecule has 0 aromatic rings. The van der Waals surface area contributed by atoms with E-state index in [2.05, 4.69) is 15.4 Å². The molecule has 1 aliphatic rings. The molecule has 0 radical (unpaired) electrons. The molecule has 0 bridgehead atoms. The summed E-state index contributed by atoms with van der Waals surface area (Å²) in [5.41, 5.74) is 0. The molecule has 3 N–H and O–H groups in total. The minimum Gasteiger partial charge on any atom is -0.408 e. The average molecular weight is 316 g/mol.